The van der Waals surface area contributed by atoms with Crippen LogP contribution < -0.4 is 0 Å². The fraction of sp³-hybridized carbons (Fsp3) is 0.240. The molecule has 31 heavy (non-hydrogen) atoms. The second-order valence-corrected chi connectivity index (χ2v) is 8.02. The Morgan fingerprint density at radius 3 is 2.23 bits per heavy atom. The first-order valence-corrected chi connectivity index (χ1v) is 10.6. The van der Waals surface area contributed by atoms with Gasteiger partial charge in [0.25, 0.3) is 0 Å². The molecule has 2 aromatic carbocycles. The van der Waals surface area contributed by atoms with Crippen molar-refractivity contribution in [2.45, 2.75) is 6.42 Å². The van der Waals surface area contributed by atoms with Crippen molar-refractivity contribution in [3.63, 3.8) is 0 Å². The van der Waals surface area contributed by atoms with E-state index in [0.717, 1.165) is 59.9 Å². The highest BCUT2D eigenvalue weighted by Gasteiger charge is 2.22. The van der Waals surface area contributed by atoms with E-state index in [4.69, 9.17) is 4.98 Å². The fourth-order valence-electron chi connectivity index (χ4n) is 4.03. The number of fused-ring (bicyclic) bond motifs is 1. The molecule has 1 aliphatic rings. The van der Waals surface area contributed by atoms with Gasteiger partial charge in [0.15, 0.2) is 5.65 Å². The topological polar surface area (TPSA) is 53.7 Å². The summed E-state index contributed by atoms with van der Waals surface area (Å²) in [5.41, 5.74) is 5.54. The Morgan fingerprint density at radius 2 is 1.55 bits per heavy atom. The van der Waals surface area contributed by atoms with Crippen LogP contribution in [0.15, 0.2) is 72.9 Å². The van der Waals surface area contributed by atoms with E-state index in [1.807, 2.05) is 45.8 Å². The molecule has 0 unspecified atom stereocenters. The number of likely N-dealkylation sites (N-methyl/N-ethyl adjacent to an activating group) is 1. The van der Waals surface area contributed by atoms with Crippen molar-refractivity contribution in [2.75, 3.05) is 33.2 Å². The van der Waals surface area contributed by atoms with Crippen molar-refractivity contribution in [1.82, 2.24) is 24.4 Å². The highest BCUT2D eigenvalue weighted by molar-refractivity contribution is 5.81. The van der Waals surface area contributed by atoms with Crippen molar-refractivity contribution in [3.8, 4) is 22.5 Å². The van der Waals surface area contributed by atoms with Crippen molar-refractivity contribution in [2.24, 2.45) is 0 Å². The van der Waals surface area contributed by atoms with Gasteiger partial charge >= 0.3 is 0 Å². The lowest BCUT2D eigenvalue weighted by molar-refractivity contribution is -0.132. The largest absolute Gasteiger partial charge is 0.340 e. The minimum atomic E-state index is 0.135. The lowest BCUT2D eigenvalue weighted by Gasteiger charge is -2.32. The van der Waals surface area contributed by atoms with Gasteiger partial charge in [-0.15, -0.1) is 0 Å². The van der Waals surface area contributed by atoms with Crippen LogP contribution in [0.25, 0.3) is 28.2 Å². The predicted molar refractivity (Wildman–Crippen MR) is 122 cm³/mol. The van der Waals surface area contributed by atoms with Crippen molar-refractivity contribution in [3.05, 3.63) is 78.5 Å². The molecule has 1 fully saturated rings. The van der Waals surface area contributed by atoms with Crippen LogP contribution in [-0.4, -0.2) is 63.5 Å². The van der Waals surface area contributed by atoms with Gasteiger partial charge in [0.1, 0.15) is 0 Å². The van der Waals surface area contributed by atoms with E-state index in [2.05, 4.69) is 47.4 Å². The molecule has 0 bridgehead atoms. The zero-order chi connectivity index (χ0) is 21.2. The molecule has 0 aliphatic carbocycles. The standard InChI is InChI=1S/C25H25N5O/c1-28-12-14-29(15-13-28)24(31)16-21-18-26-30-23(20-10-6-3-7-11-20)17-22(27-25(21)30)19-8-4-2-5-9-19/h2-11,17-18H,12-16H2,1H3. The number of piperazine rings is 1. The van der Waals surface area contributed by atoms with Crippen LogP contribution in [0, 0.1) is 0 Å². The highest BCUT2D eigenvalue weighted by Crippen LogP contribution is 2.27. The van der Waals surface area contributed by atoms with Gasteiger partial charge < -0.3 is 9.80 Å². The molecule has 0 N–H and O–H groups in total. The number of hydrogen-bond donors (Lipinski definition) is 0. The first-order valence-electron chi connectivity index (χ1n) is 10.6. The first kappa shape index (κ1) is 19.5. The Kier molecular flexibility index (Phi) is 5.22. The summed E-state index contributed by atoms with van der Waals surface area (Å²) in [7, 11) is 2.09. The number of rotatable bonds is 4. The fourth-order valence-corrected chi connectivity index (χ4v) is 4.03. The molecule has 1 amide bonds. The summed E-state index contributed by atoms with van der Waals surface area (Å²) in [6.07, 6.45) is 2.10. The monoisotopic (exact) mass is 411 g/mol. The van der Waals surface area contributed by atoms with E-state index in [1.54, 1.807) is 6.20 Å². The molecule has 4 aromatic rings. The van der Waals surface area contributed by atoms with Crippen molar-refractivity contribution in [1.29, 1.82) is 0 Å². The number of benzene rings is 2. The number of nitrogens with zero attached hydrogens (tertiary/aromatic N) is 5. The van der Waals surface area contributed by atoms with Gasteiger partial charge in [0.05, 0.1) is 24.0 Å². The summed E-state index contributed by atoms with van der Waals surface area (Å²) in [6, 6.07) is 22.4. The first-order chi connectivity index (χ1) is 15.2. The molecular weight excluding hydrogens is 386 g/mol. The quantitative estimate of drug-likeness (QED) is 0.517. The summed E-state index contributed by atoms with van der Waals surface area (Å²) >= 11 is 0. The minimum Gasteiger partial charge on any atom is -0.340 e. The van der Waals surface area contributed by atoms with Crippen LogP contribution in [0.4, 0.5) is 0 Å². The van der Waals surface area contributed by atoms with Gasteiger partial charge in [0, 0.05) is 42.9 Å². The molecular formula is C25H25N5O. The number of aromatic nitrogens is 3. The molecule has 2 aromatic heterocycles. The Hall–Kier alpha value is -3.51. The SMILES string of the molecule is CN1CCN(C(=O)Cc2cnn3c(-c4ccccc4)cc(-c4ccccc4)nc23)CC1. The summed E-state index contributed by atoms with van der Waals surface area (Å²) in [5.74, 6) is 0.135. The lowest BCUT2D eigenvalue weighted by Crippen LogP contribution is -2.47. The second-order valence-electron chi connectivity index (χ2n) is 8.02. The van der Waals surface area contributed by atoms with E-state index in [1.165, 1.54) is 0 Å². The number of hydrogen-bond acceptors (Lipinski definition) is 4. The van der Waals surface area contributed by atoms with E-state index < -0.39 is 0 Å². The highest BCUT2D eigenvalue weighted by atomic mass is 16.2. The molecule has 6 nitrogen and oxygen atoms in total. The maximum absolute atomic E-state index is 13.0. The third-order valence-electron chi connectivity index (χ3n) is 5.88. The minimum absolute atomic E-state index is 0.135. The van der Waals surface area contributed by atoms with Crippen molar-refractivity contribution < 1.29 is 4.79 Å². The summed E-state index contributed by atoms with van der Waals surface area (Å²) in [5, 5.41) is 4.62. The molecule has 3 heterocycles. The van der Waals surface area contributed by atoms with E-state index >= 15 is 0 Å². The lowest BCUT2D eigenvalue weighted by atomic mass is 10.1. The summed E-state index contributed by atoms with van der Waals surface area (Å²) < 4.78 is 1.86. The van der Waals surface area contributed by atoms with Crippen molar-refractivity contribution >= 4 is 11.6 Å². The molecule has 1 aliphatic heterocycles. The van der Waals surface area contributed by atoms with Gasteiger partial charge in [-0.25, -0.2) is 9.50 Å². The molecule has 156 valence electrons. The Morgan fingerprint density at radius 1 is 0.903 bits per heavy atom. The van der Waals surface area contributed by atoms with Crippen LogP contribution >= 0.6 is 0 Å². The van der Waals surface area contributed by atoms with Gasteiger partial charge in [-0.3, -0.25) is 4.79 Å². The number of amides is 1. The maximum Gasteiger partial charge on any atom is 0.227 e. The third-order valence-corrected chi connectivity index (χ3v) is 5.88. The number of carbonyl (C=O) groups is 1. The van der Waals surface area contributed by atoms with Crippen LogP contribution in [0.1, 0.15) is 5.56 Å². The van der Waals surface area contributed by atoms with E-state index in [0.29, 0.717) is 6.42 Å². The van der Waals surface area contributed by atoms with Crippen LogP contribution in [0.2, 0.25) is 0 Å². The summed E-state index contributed by atoms with van der Waals surface area (Å²) in [6.45, 7) is 3.36. The smallest absolute Gasteiger partial charge is 0.227 e. The molecule has 0 radical (unpaired) electrons. The van der Waals surface area contributed by atoms with Crippen LogP contribution in [-0.2, 0) is 11.2 Å². The van der Waals surface area contributed by atoms with E-state index in [-0.39, 0.29) is 5.91 Å². The summed E-state index contributed by atoms with van der Waals surface area (Å²) in [4.78, 5) is 22.1. The third kappa shape index (κ3) is 3.94. The molecule has 0 spiro atoms. The van der Waals surface area contributed by atoms with E-state index in [9.17, 15) is 4.79 Å². The van der Waals surface area contributed by atoms with Crippen LogP contribution in [0.5, 0.6) is 0 Å². The normalized spacial score (nSPS) is 14.8. The van der Waals surface area contributed by atoms with Gasteiger partial charge in [-0.1, -0.05) is 60.7 Å². The number of carbonyl (C=O) groups excluding carboxylic acids is 1. The Bertz CT molecular complexity index is 1190. The second kappa shape index (κ2) is 8.32. The van der Waals surface area contributed by atoms with Gasteiger partial charge in [-0.2, -0.15) is 5.10 Å². The molecule has 1 saturated heterocycles. The maximum atomic E-state index is 13.0. The molecule has 6 heteroatoms. The average Bonchev–Trinajstić information content (AvgIpc) is 3.22. The Balaban J connectivity index is 1.57. The average molecular weight is 412 g/mol. The molecule has 5 rings (SSSR count). The zero-order valence-corrected chi connectivity index (χ0v) is 17.6. The molecule has 0 atom stereocenters. The van der Waals surface area contributed by atoms with Gasteiger partial charge in [0.2, 0.25) is 5.91 Å². The zero-order valence-electron chi connectivity index (χ0n) is 17.6. The van der Waals surface area contributed by atoms with Crippen LogP contribution in [0.3, 0.4) is 0 Å². The van der Waals surface area contributed by atoms with Gasteiger partial charge in [-0.05, 0) is 13.1 Å². The Labute approximate surface area is 181 Å². The predicted octanol–water partition coefficient (Wildman–Crippen LogP) is 3.38. The molecule has 0 saturated carbocycles.